The minimum atomic E-state index is -0.0172. The molecule has 3 rings (SSSR count). The normalized spacial score (nSPS) is 12.9. The van der Waals surface area contributed by atoms with E-state index in [0.717, 1.165) is 33.4 Å². The Morgan fingerprint density at radius 3 is 3.09 bits per heavy atom. The first-order valence-corrected chi connectivity index (χ1v) is 7.94. The van der Waals surface area contributed by atoms with Crippen LogP contribution in [0.15, 0.2) is 45.9 Å². The van der Waals surface area contributed by atoms with Crippen LogP contribution in [-0.2, 0) is 13.0 Å². The van der Waals surface area contributed by atoms with Gasteiger partial charge in [-0.1, -0.05) is 0 Å². The first kappa shape index (κ1) is 15.3. The molecule has 0 aliphatic heterocycles. The molecule has 0 bridgehead atoms. The maximum absolute atomic E-state index is 9.53. The van der Waals surface area contributed by atoms with Crippen molar-refractivity contribution < 1.29 is 9.52 Å². The highest BCUT2D eigenvalue weighted by molar-refractivity contribution is 9.10. The maximum atomic E-state index is 9.53. The van der Waals surface area contributed by atoms with Crippen LogP contribution in [0.3, 0.4) is 0 Å². The van der Waals surface area contributed by atoms with Crippen LogP contribution < -0.4 is 5.32 Å². The standard InChI is InChI=1S/C16H18BrN3O2/c1-11-4-13(17)8-20-15(7-19-16(11)20)6-18-14(9-21)5-12-2-3-22-10-12/h2-4,7-8,10,14,18,21H,5-6,9H2,1H3. The fourth-order valence-electron chi connectivity index (χ4n) is 2.54. The fraction of sp³-hybridized carbons (Fsp3) is 0.312. The first-order valence-electron chi connectivity index (χ1n) is 7.15. The number of hydrogen-bond acceptors (Lipinski definition) is 4. The summed E-state index contributed by atoms with van der Waals surface area (Å²) in [6.45, 7) is 2.75. The van der Waals surface area contributed by atoms with Crippen molar-refractivity contribution in [1.29, 1.82) is 0 Å². The summed E-state index contributed by atoms with van der Waals surface area (Å²) in [7, 11) is 0. The Balaban J connectivity index is 1.73. The number of hydrogen-bond donors (Lipinski definition) is 2. The number of aromatic nitrogens is 2. The van der Waals surface area contributed by atoms with E-state index in [-0.39, 0.29) is 12.6 Å². The molecule has 5 nitrogen and oxygen atoms in total. The van der Waals surface area contributed by atoms with E-state index in [1.165, 1.54) is 0 Å². The zero-order valence-electron chi connectivity index (χ0n) is 12.3. The van der Waals surface area contributed by atoms with Crippen molar-refractivity contribution >= 4 is 21.6 Å². The summed E-state index contributed by atoms with van der Waals surface area (Å²) in [5.74, 6) is 0. The first-order chi connectivity index (χ1) is 10.7. The molecule has 6 heteroatoms. The number of rotatable bonds is 6. The quantitative estimate of drug-likeness (QED) is 0.706. The third kappa shape index (κ3) is 3.24. The third-order valence-electron chi connectivity index (χ3n) is 3.69. The van der Waals surface area contributed by atoms with Crippen LogP contribution in [0.2, 0.25) is 0 Å². The Morgan fingerprint density at radius 2 is 2.36 bits per heavy atom. The Labute approximate surface area is 137 Å². The molecule has 1 atom stereocenters. The van der Waals surface area contributed by atoms with Gasteiger partial charge in [-0.25, -0.2) is 4.98 Å². The minimum Gasteiger partial charge on any atom is -0.472 e. The van der Waals surface area contributed by atoms with Crippen molar-refractivity contribution in [2.24, 2.45) is 0 Å². The lowest BCUT2D eigenvalue weighted by molar-refractivity contribution is 0.240. The van der Waals surface area contributed by atoms with E-state index in [9.17, 15) is 5.11 Å². The van der Waals surface area contributed by atoms with Crippen molar-refractivity contribution in [3.63, 3.8) is 0 Å². The van der Waals surface area contributed by atoms with Crippen molar-refractivity contribution in [1.82, 2.24) is 14.7 Å². The summed E-state index contributed by atoms with van der Waals surface area (Å²) in [5, 5.41) is 12.9. The van der Waals surface area contributed by atoms with Crippen molar-refractivity contribution in [3.05, 3.63) is 58.3 Å². The average Bonchev–Trinajstić information content (AvgIpc) is 3.13. The molecule has 0 saturated carbocycles. The van der Waals surface area contributed by atoms with Crippen LogP contribution in [0.25, 0.3) is 5.65 Å². The summed E-state index contributed by atoms with van der Waals surface area (Å²) in [5.41, 5.74) is 4.21. The summed E-state index contributed by atoms with van der Waals surface area (Å²) in [6, 6.07) is 3.95. The highest BCUT2D eigenvalue weighted by Gasteiger charge is 2.11. The number of halogens is 1. The average molecular weight is 364 g/mol. The van der Waals surface area contributed by atoms with Crippen LogP contribution >= 0.6 is 15.9 Å². The number of imidazole rings is 1. The second kappa shape index (κ2) is 6.64. The molecule has 22 heavy (non-hydrogen) atoms. The number of pyridine rings is 1. The molecule has 3 heterocycles. The third-order valence-corrected chi connectivity index (χ3v) is 4.12. The van der Waals surface area contributed by atoms with Crippen LogP contribution in [0, 0.1) is 6.92 Å². The van der Waals surface area contributed by atoms with Gasteiger partial charge in [0.05, 0.1) is 31.0 Å². The smallest absolute Gasteiger partial charge is 0.139 e. The lowest BCUT2D eigenvalue weighted by Gasteiger charge is -2.15. The molecule has 3 aromatic rings. The minimum absolute atomic E-state index is 0.0172. The summed E-state index contributed by atoms with van der Waals surface area (Å²) >= 11 is 3.52. The molecular weight excluding hydrogens is 346 g/mol. The predicted molar refractivity (Wildman–Crippen MR) is 87.8 cm³/mol. The molecule has 0 aliphatic rings. The highest BCUT2D eigenvalue weighted by Crippen LogP contribution is 2.18. The summed E-state index contributed by atoms with van der Waals surface area (Å²) in [4.78, 5) is 4.46. The van der Waals surface area contributed by atoms with E-state index in [4.69, 9.17) is 4.42 Å². The topological polar surface area (TPSA) is 62.7 Å². The number of aliphatic hydroxyl groups is 1. The summed E-state index contributed by atoms with van der Waals surface area (Å²) < 4.78 is 8.16. The largest absolute Gasteiger partial charge is 0.472 e. The van der Waals surface area contributed by atoms with E-state index in [2.05, 4.69) is 36.7 Å². The van der Waals surface area contributed by atoms with Crippen LogP contribution in [0.4, 0.5) is 0 Å². The Bertz CT molecular complexity index is 752. The predicted octanol–water partition coefficient (Wildman–Crippen LogP) is 2.69. The number of nitrogens with one attached hydrogen (secondary N) is 1. The zero-order chi connectivity index (χ0) is 15.5. The molecule has 0 aromatic carbocycles. The van der Waals surface area contributed by atoms with E-state index in [1.807, 2.05) is 25.4 Å². The highest BCUT2D eigenvalue weighted by atomic mass is 79.9. The van der Waals surface area contributed by atoms with E-state index in [1.54, 1.807) is 12.5 Å². The second-order valence-electron chi connectivity index (χ2n) is 5.38. The molecule has 2 N–H and O–H groups in total. The van der Waals surface area contributed by atoms with Crippen molar-refractivity contribution in [2.75, 3.05) is 6.61 Å². The van der Waals surface area contributed by atoms with Crippen LogP contribution in [0.5, 0.6) is 0 Å². The van der Waals surface area contributed by atoms with Gasteiger partial charge in [-0.3, -0.25) is 0 Å². The van der Waals surface area contributed by atoms with Gasteiger partial charge in [-0.15, -0.1) is 0 Å². The summed E-state index contributed by atoms with van der Waals surface area (Å²) in [6.07, 6.45) is 7.96. The fourth-order valence-corrected chi connectivity index (χ4v) is 3.09. The van der Waals surface area contributed by atoms with E-state index >= 15 is 0 Å². The molecule has 3 aromatic heterocycles. The van der Waals surface area contributed by atoms with Gasteiger partial charge in [-0.2, -0.15) is 0 Å². The maximum Gasteiger partial charge on any atom is 0.139 e. The van der Waals surface area contributed by atoms with Gasteiger partial charge in [0.1, 0.15) is 5.65 Å². The molecule has 116 valence electrons. The van der Waals surface area contributed by atoms with E-state index in [0.29, 0.717) is 6.54 Å². The van der Waals surface area contributed by atoms with Crippen molar-refractivity contribution in [3.8, 4) is 0 Å². The van der Waals surface area contributed by atoms with Crippen LogP contribution in [-0.4, -0.2) is 27.1 Å². The van der Waals surface area contributed by atoms with Gasteiger partial charge in [0.15, 0.2) is 0 Å². The lowest BCUT2D eigenvalue weighted by Crippen LogP contribution is -2.34. The molecule has 0 aliphatic carbocycles. The van der Waals surface area contributed by atoms with Gasteiger partial charge >= 0.3 is 0 Å². The Kier molecular flexibility index (Phi) is 4.61. The molecule has 0 saturated heterocycles. The molecule has 0 spiro atoms. The number of aliphatic hydroxyl groups excluding tert-OH is 1. The number of nitrogens with zero attached hydrogens (tertiary/aromatic N) is 2. The van der Waals surface area contributed by atoms with E-state index < -0.39 is 0 Å². The molecule has 1 unspecified atom stereocenters. The molecule has 0 amide bonds. The van der Waals surface area contributed by atoms with Gasteiger partial charge in [0, 0.05) is 23.3 Å². The molecular formula is C16H18BrN3O2. The number of fused-ring (bicyclic) bond motifs is 1. The second-order valence-corrected chi connectivity index (χ2v) is 6.30. The Hall–Kier alpha value is -1.63. The lowest BCUT2D eigenvalue weighted by atomic mass is 10.1. The molecule has 0 fully saturated rings. The van der Waals surface area contributed by atoms with Crippen LogP contribution in [0.1, 0.15) is 16.8 Å². The van der Waals surface area contributed by atoms with Gasteiger partial charge in [-0.05, 0) is 52.5 Å². The Morgan fingerprint density at radius 1 is 1.50 bits per heavy atom. The number of aryl methyl sites for hydroxylation is 1. The monoisotopic (exact) mass is 363 g/mol. The van der Waals surface area contributed by atoms with Gasteiger partial charge < -0.3 is 19.2 Å². The van der Waals surface area contributed by atoms with Gasteiger partial charge in [0.2, 0.25) is 0 Å². The van der Waals surface area contributed by atoms with Gasteiger partial charge in [0.25, 0.3) is 0 Å². The zero-order valence-corrected chi connectivity index (χ0v) is 13.9. The molecule has 0 radical (unpaired) electrons. The van der Waals surface area contributed by atoms with Crippen molar-refractivity contribution in [2.45, 2.75) is 25.9 Å². The SMILES string of the molecule is Cc1cc(Br)cn2c(CNC(CO)Cc3ccoc3)cnc12. The number of furan rings is 1.